The highest BCUT2D eigenvalue weighted by molar-refractivity contribution is 9.10. The van der Waals surface area contributed by atoms with Crippen molar-refractivity contribution in [2.75, 3.05) is 14.2 Å². The Balaban J connectivity index is 2.18. The maximum Gasteiger partial charge on any atom is 0.255 e. The third-order valence-electron chi connectivity index (χ3n) is 3.01. The van der Waals surface area contributed by atoms with Crippen LogP contribution in [0.2, 0.25) is 0 Å². The van der Waals surface area contributed by atoms with Crippen LogP contribution >= 0.6 is 15.9 Å². The first kappa shape index (κ1) is 14.6. The summed E-state index contributed by atoms with van der Waals surface area (Å²) in [6.45, 7) is 0.573. The van der Waals surface area contributed by atoms with Gasteiger partial charge < -0.3 is 9.64 Å². The Bertz CT molecular complexity index is 599. The largest absolute Gasteiger partial charge is 0.497 e. The summed E-state index contributed by atoms with van der Waals surface area (Å²) in [6.07, 6.45) is 0. The molecule has 0 saturated heterocycles. The molecule has 2 rings (SSSR count). The number of benzene rings is 2. The lowest BCUT2D eigenvalue weighted by Gasteiger charge is -2.18. The SMILES string of the molecule is COc1ccc(Br)c(C(=O)N(C)Cc2ccccc2)c1. The molecule has 0 fully saturated rings. The van der Waals surface area contributed by atoms with Crippen LogP contribution in [0.3, 0.4) is 0 Å². The third kappa shape index (κ3) is 3.39. The maximum absolute atomic E-state index is 12.5. The first-order chi connectivity index (χ1) is 9.61. The Kier molecular flexibility index (Phi) is 4.79. The van der Waals surface area contributed by atoms with Crippen LogP contribution in [-0.2, 0) is 6.54 Å². The molecular weight excluding hydrogens is 318 g/mol. The Morgan fingerprint density at radius 3 is 2.55 bits per heavy atom. The van der Waals surface area contributed by atoms with Crippen LogP contribution in [0.15, 0.2) is 53.0 Å². The summed E-state index contributed by atoms with van der Waals surface area (Å²) in [7, 11) is 3.38. The van der Waals surface area contributed by atoms with Gasteiger partial charge in [0.15, 0.2) is 0 Å². The van der Waals surface area contributed by atoms with Crippen molar-refractivity contribution in [3.05, 3.63) is 64.1 Å². The van der Waals surface area contributed by atoms with Crippen molar-refractivity contribution in [3.63, 3.8) is 0 Å². The van der Waals surface area contributed by atoms with Crippen molar-refractivity contribution in [2.24, 2.45) is 0 Å². The fraction of sp³-hybridized carbons (Fsp3) is 0.188. The Labute approximate surface area is 127 Å². The molecule has 0 unspecified atom stereocenters. The normalized spacial score (nSPS) is 10.2. The van der Waals surface area contributed by atoms with Crippen LogP contribution in [0.1, 0.15) is 15.9 Å². The molecule has 0 aromatic heterocycles. The molecule has 1 amide bonds. The van der Waals surface area contributed by atoms with Gasteiger partial charge >= 0.3 is 0 Å². The summed E-state index contributed by atoms with van der Waals surface area (Å²) in [6, 6.07) is 15.3. The van der Waals surface area contributed by atoms with Crippen LogP contribution < -0.4 is 4.74 Å². The van der Waals surface area contributed by atoms with Gasteiger partial charge in [-0.1, -0.05) is 30.3 Å². The number of hydrogen-bond acceptors (Lipinski definition) is 2. The lowest BCUT2D eigenvalue weighted by atomic mass is 10.1. The van der Waals surface area contributed by atoms with Gasteiger partial charge in [0.1, 0.15) is 5.75 Å². The smallest absolute Gasteiger partial charge is 0.255 e. The molecule has 3 nitrogen and oxygen atoms in total. The molecule has 0 N–H and O–H groups in total. The predicted octanol–water partition coefficient (Wildman–Crippen LogP) is 3.73. The van der Waals surface area contributed by atoms with Crippen molar-refractivity contribution >= 4 is 21.8 Å². The highest BCUT2D eigenvalue weighted by Crippen LogP contribution is 2.24. The number of halogens is 1. The second-order valence-corrected chi connectivity index (χ2v) is 5.35. The molecule has 0 aliphatic carbocycles. The van der Waals surface area contributed by atoms with E-state index in [9.17, 15) is 4.79 Å². The van der Waals surface area contributed by atoms with Crippen molar-refractivity contribution in [3.8, 4) is 5.75 Å². The van der Waals surface area contributed by atoms with Crippen molar-refractivity contribution in [1.82, 2.24) is 4.90 Å². The zero-order valence-electron chi connectivity index (χ0n) is 11.5. The van der Waals surface area contributed by atoms with Gasteiger partial charge in [-0.15, -0.1) is 0 Å². The van der Waals surface area contributed by atoms with E-state index >= 15 is 0 Å². The summed E-state index contributed by atoms with van der Waals surface area (Å²) < 4.78 is 5.93. The van der Waals surface area contributed by atoms with Crippen LogP contribution in [-0.4, -0.2) is 25.0 Å². The van der Waals surface area contributed by atoms with Gasteiger partial charge in [-0.3, -0.25) is 4.79 Å². The van der Waals surface area contributed by atoms with Crippen LogP contribution in [0.4, 0.5) is 0 Å². The van der Waals surface area contributed by atoms with Gasteiger partial charge in [-0.05, 0) is 39.7 Å². The molecule has 0 saturated carbocycles. The van der Waals surface area contributed by atoms with Crippen molar-refractivity contribution < 1.29 is 9.53 Å². The van der Waals surface area contributed by atoms with Gasteiger partial charge in [0.25, 0.3) is 5.91 Å². The number of carbonyl (C=O) groups is 1. The van der Waals surface area contributed by atoms with Gasteiger partial charge in [0, 0.05) is 18.1 Å². The number of methoxy groups -OCH3 is 1. The molecule has 0 aliphatic heterocycles. The minimum absolute atomic E-state index is 0.0420. The van der Waals surface area contributed by atoms with Crippen LogP contribution in [0.5, 0.6) is 5.75 Å². The van der Waals surface area contributed by atoms with Crippen LogP contribution in [0, 0.1) is 0 Å². The number of rotatable bonds is 4. The van der Waals surface area contributed by atoms with Gasteiger partial charge in [-0.25, -0.2) is 0 Å². The topological polar surface area (TPSA) is 29.5 Å². The molecule has 104 valence electrons. The standard InChI is InChI=1S/C16H16BrNO2/c1-18(11-12-6-4-3-5-7-12)16(19)14-10-13(20-2)8-9-15(14)17/h3-10H,11H2,1-2H3. The lowest BCUT2D eigenvalue weighted by Crippen LogP contribution is -2.26. The fourth-order valence-electron chi connectivity index (χ4n) is 1.93. The van der Waals surface area contributed by atoms with E-state index in [1.165, 1.54) is 0 Å². The molecule has 0 spiro atoms. The zero-order valence-corrected chi connectivity index (χ0v) is 13.1. The molecule has 2 aromatic rings. The van der Waals surface area contributed by atoms with E-state index < -0.39 is 0 Å². The summed E-state index contributed by atoms with van der Waals surface area (Å²) >= 11 is 3.41. The number of hydrogen-bond donors (Lipinski definition) is 0. The van der Waals surface area contributed by atoms with E-state index in [0.717, 1.165) is 10.0 Å². The Morgan fingerprint density at radius 1 is 1.20 bits per heavy atom. The predicted molar refractivity (Wildman–Crippen MR) is 82.9 cm³/mol. The average molecular weight is 334 g/mol. The summed E-state index contributed by atoms with van der Waals surface area (Å²) in [4.78, 5) is 14.2. The molecule has 20 heavy (non-hydrogen) atoms. The van der Waals surface area contributed by atoms with E-state index in [2.05, 4.69) is 15.9 Å². The van der Waals surface area contributed by atoms with Gasteiger partial charge in [0.2, 0.25) is 0 Å². The average Bonchev–Trinajstić information content (AvgIpc) is 2.48. The summed E-state index contributed by atoms with van der Waals surface area (Å²) in [5.41, 5.74) is 1.70. The van der Waals surface area contributed by atoms with E-state index in [0.29, 0.717) is 17.9 Å². The highest BCUT2D eigenvalue weighted by atomic mass is 79.9. The number of ether oxygens (including phenoxy) is 1. The maximum atomic E-state index is 12.5. The first-order valence-corrected chi connectivity index (χ1v) is 7.04. The number of amides is 1. The highest BCUT2D eigenvalue weighted by Gasteiger charge is 2.16. The number of nitrogens with zero attached hydrogens (tertiary/aromatic N) is 1. The fourth-order valence-corrected chi connectivity index (χ4v) is 2.35. The van der Waals surface area contributed by atoms with Crippen molar-refractivity contribution in [1.29, 1.82) is 0 Å². The molecule has 0 heterocycles. The van der Waals surface area contributed by atoms with E-state index in [-0.39, 0.29) is 5.91 Å². The first-order valence-electron chi connectivity index (χ1n) is 6.24. The van der Waals surface area contributed by atoms with Gasteiger partial charge in [0.05, 0.1) is 12.7 Å². The van der Waals surface area contributed by atoms with E-state index in [4.69, 9.17) is 4.74 Å². The molecule has 4 heteroatoms. The summed E-state index contributed by atoms with van der Waals surface area (Å²) in [5, 5.41) is 0. The van der Waals surface area contributed by atoms with Crippen LogP contribution in [0.25, 0.3) is 0 Å². The van der Waals surface area contributed by atoms with Gasteiger partial charge in [-0.2, -0.15) is 0 Å². The molecule has 0 bridgehead atoms. The Hall–Kier alpha value is -1.81. The molecule has 0 aliphatic rings. The summed E-state index contributed by atoms with van der Waals surface area (Å²) in [5.74, 6) is 0.629. The zero-order chi connectivity index (χ0) is 14.5. The van der Waals surface area contributed by atoms with Crippen molar-refractivity contribution in [2.45, 2.75) is 6.54 Å². The molecule has 0 radical (unpaired) electrons. The molecular formula is C16H16BrNO2. The quantitative estimate of drug-likeness (QED) is 0.853. The second kappa shape index (κ2) is 6.57. The number of carbonyl (C=O) groups excluding carboxylic acids is 1. The second-order valence-electron chi connectivity index (χ2n) is 4.49. The molecule has 2 aromatic carbocycles. The molecule has 0 atom stereocenters. The minimum atomic E-state index is -0.0420. The van der Waals surface area contributed by atoms with E-state index in [1.54, 1.807) is 25.1 Å². The lowest BCUT2D eigenvalue weighted by molar-refractivity contribution is 0.0784. The Morgan fingerprint density at radius 2 is 1.90 bits per heavy atom. The minimum Gasteiger partial charge on any atom is -0.497 e. The monoisotopic (exact) mass is 333 g/mol. The van der Waals surface area contributed by atoms with E-state index in [1.807, 2.05) is 42.5 Å². The third-order valence-corrected chi connectivity index (χ3v) is 3.70.